The first-order valence-electron chi connectivity index (χ1n) is 6.97. The van der Waals surface area contributed by atoms with E-state index in [2.05, 4.69) is 22.8 Å². The molecule has 4 nitrogen and oxygen atoms in total. The molecule has 1 aromatic rings. The summed E-state index contributed by atoms with van der Waals surface area (Å²) < 4.78 is 5.46. The predicted molar refractivity (Wildman–Crippen MR) is 74.7 cm³/mol. The summed E-state index contributed by atoms with van der Waals surface area (Å²) in [6.07, 6.45) is 2.91. The summed E-state index contributed by atoms with van der Waals surface area (Å²) in [5.74, 6) is 0.0936. The average Bonchev–Trinajstić information content (AvgIpc) is 2.96. The third-order valence-electron chi connectivity index (χ3n) is 3.25. The summed E-state index contributed by atoms with van der Waals surface area (Å²) in [6, 6.07) is 10.2. The fraction of sp³-hybridized carbons (Fsp3) is 0.533. The topological polar surface area (TPSA) is 50.4 Å². The fourth-order valence-corrected chi connectivity index (χ4v) is 2.15. The lowest BCUT2D eigenvalue weighted by atomic mass is 10.2. The van der Waals surface area contributed by atoms with Crippen LogP contribution in [0.2, 0.25) is 0 Å². The molecule has 0 spiro atoms. The van der Waals surface area contributed by atoms with Gasteiger partial charge < -0.3 is 15.4 Å². The van der Waals surface area contributed by atoms with Crippen LogP contribution in [0.25, 0.3) is 0 Å². The Kier molecular flexibility index (Phi) is 5.85. The molecule has 1 aliphatic heterocycles. The molecule has 1 unspecified atom stereocenters. The molecule has 1 aromatic carbocycles. The largest absolute Gasteiger partial charge is 0.376 e. The van der Waals surface area contributed by atoms with Crippen LogP contribution in [0.4, 0.5) is 0 Å². The first-order valence-corrected chi connectivity index (χ1v) is 6.97. The van der Waals surface area contributed by atoms with Crippen molar-refractivity contribution in [3.63, 3.8) is 0 Å². The van der Waals surface area contributed by atoms with E-state index in [0.29, 0.717) is 19.5 Å². The fourth-order valence-electron chi connectivity index (χ4n) is 2.15. The van der Waals surface area contributed by atoms with Gasteiger partial charge in [-0.05, 0) is 18.4 Å². The van der Waals surface area contributed by atoms with Crippen LogP contribution < -0.4 is 10.6 Å². The third kappa shape index (κ3) is 5.41. The summed E-state index contributed by atoms with van der Waals surface area (Å²) in [4.78, 5) is 11.6. The van der Waals surface area contributed by atoms with Crippen molar-refractivity contribution in [3.8, 4) is 0 Å². The van der Waals surface area contributed by atoms with Gasteiger partial charge in [0.15, 0.2) is 0 Å². The maximum absolute atomic E-state index is 11.6. The van der Waals surface area contributed by atoms with Crippen LogP contribution in [-0.4, -0.2) is 31.7 Å². The molecule has 1 fully saturated rings. The highest BCUT2D eigenvalue weighted by molar-refractivity contribution is 5.76. The molecule has 1 amide bonds. The number of hydrogen-bond acceptors (Lipinski definition) is 3. The van der Waals surface area contributed by atoms with Gasteiger partial charge in [-0.2, -0.15) is 0 Å². The van der Waals surface area contributed by atoms with E-state index in [4.69, 9.17) is 4.74 Å². The van der Waals surface area contributed by atoms with Crippen molar-refractivity contribution in [1.29, 1.82) is 0 Å². The monoisotopic (exact) mass is 262 g/mol. The summed E-state index contributed by atoms with van der Waals surface area (Å²) in [5.41, 5.74) is 1.24. The van der Waals surface area contributed by atoms with Crippen LogP contribution in [0.15, 0.2) is 30.3 Å². The Labute approximate surface area is 114 Å². The average molecular weight is 262 g/mol. The number of carbonyl (C=O) groups is 1. The Hall–Kier alpha value is -1.39. The summed E-state index contributed by atoms with van der Waals surface area (Å²) in [6.45, 7) is 2.99. The van der Waals surface area contributed by atoms with Crippen molar-refractivity contribution in [2.45, 2.75) is 31.9 Å². The van der Waals surface area contributed by atoms with Gasteiger partial charge in [0.1, 0.15) is 0 Å². The normalized spacial score (nSPS) is 18.4. The maximum Gasteiger partial charge on any atom is 0.221 e. The molecule has 0 bridgehead atoms. The van der Waals surface area contributed by atoms with E-state index in [-0.39, 0.29) is 12.0 Å². The van der Waals surface area contributed by atoms with Gasteiger partial charge >= 0.3 is 0 Å². The Balaban J connectivity index is 1.51. The smallest absolute Gasteiger partial charge is 0.221 e. The maximum atomic E-state index is 11.6. The van der Waals surface area contributed by atoms with Gasteiger partial charge in [-0.25, -0.2) is 0 Å². The molecule has 2 rings (SSSR count). The second-order valence-corrected chi connectivity index (χ2v) is 4.85. The Morgan fingerprint density at radius 1 is 1.32 bits per heavy atom. The molecule has 0 aromatic heterocycles. The Morgan fingerprint density at radius 3 is 2.89 bits per heavy atom. The highest BCUT2D eigenvalue weighted by atomic mass is 16.5. The second kappa shape index (κ2) is 7.92. The van der Waals surface area contributed by atoms with Gasteiger partial charge in [-0.1, -0.05) is 30.3 Å². The number of rotatable bonds is 7. The molecule has 104 valence electrons. The van der Waals surface area contributed by atoms with E-state index >= 15 is 0 Å². The van der Waals surface area contributed by atoms with Crippen molar-refractivity contribution >= 4 is 5.91 Å². The van der Waals surface area contributed by atoms with Gasteiger partial charge in [0.2, 0.25) is 5.91 Å². The highest BCUT2D eigenvalue weighted by Gasteiger charge is 2.15. The minimum Gasteiger partial charge on any atom is -0.376 e. The van der Waals surface area contributed by atoms with Crippen LogP contribution >= 0.6 is 0 Å². The summed E-state index contributed by atoms with van der Waals surface area (Å²) in [7, 11) is 0. The van der Waals surface area contributed by atoms with Gasteiger partial charge in [0.25, 0.3) is 0 Å². The molecule has 19 heavy (non-hydrogen) atoms. The van der Waals surface area contributed by atoms with Crippen LogP contribution in [0.5, 0.6) is 0 Å². The molecule has 1 aliphatic rings. The van der Waals surface area contributed by atoms with Crippen molar-refractivity contribution in [1.82, 2.24) is 10.6 Å². The van der Waals surface area contributed by atoms with Gasteiger partial charge in [0.05, 0.1) is 6.10 Å². The molecular formula is C15H22N2O2. The van der Waals surface area contributed by atoms with E-state index in [9.17, 15) is 4.79 Å². The number of benzene rings is 1. The first-order chi connectivity index (χ1) is 9.34. The van der Waals surface area contributed by atoms with Crippen molar-refractivity contribution in [2.75, 3.05) is 19.7 Å². The third-order valence-corrected chi connectivity index (χ3v) is 3.25. The number of nitrogens with one attached hydrogen (secondary N) is 2. The van der Waals surface area contributed by atoms with Crippen LogP contribution in [0, 0.1) is 0 Å². The molecule has 1 heterocycles. The minimum atomic E-state index is 0.0936. The Bertz CT molecular complexity index is 375. The van der Waals surface area contributed by atoms with E-state index in [1.54, 1.807) is 0 Å². The lowest BCUT2D eigenvalue weighted by Gasteiger charge is -2.11. The van der Waals surface area contributed by atoms with E-state index < -0.39 is 0 Å². The number of ether oxygens (including phenoxy) is 1. The standard InChI is InChI=1S/C15H22N2O2/c18-15(17-12-14-7-4-10-19-14)8-9-16-11-13-5-2-1-3-6-13/h1-3,5-6,14,16H,4,7-12H2,(H,17,18). The molecule has 1 atom stereocenters. The SMILES string of the molecule is O=C(CCNCc1ccccc1)NCC1CCCO1. The summed E-state index contributed by atoms with van der Waals surface area (Å²) >= 11 is 0. The molecule has 0 aliphatic carbocycles. The van der Waals surface area contributed by atoms with E-state index in [1.807, 2.05) is 18.2 Å². The number of hydrogen-bond donors (Lipinski definition) is 2. The van der Waals surface area contributed by atoms with Crippen LogP contribution in [0.1, 0.15) is 24.8 Å². The van der Waals surface area contributed by atoms with Crippen LogP contribution in [0.3, 0.4) is 0 Å². The molecule has 0 radical (unpaired) electrons. The zero-order valence-electron chi connectivity index (χ0n) is 11.2. The number of carbonyl (C=O) groups excluding carboxylic acids is 1. The minimum absolute atomic E-state index is 0.0936. The van der Waals surface area contributed by atoms with Gasteiger partial charge in [0, 0.05) is 32.7 Å². The lowest BCUT2D eigenvalue weighted by Crippen LogP contribution is -2.33. The van der Waals surface area contributed by atoms with E-state index in [1.165, 1.54) is 5.56 Å². The molecule has 4 heteroatoms. The predicted octanol–water partition coefficient (Wildman–Crippen LogP) is 1.46. The van der Waals surface area contributed by atoms with E-state index in [0.717, 1.165) is 26.0 Å². The summed E-state index contributed by atoms with van der Waals surface area (Å²) in [5, 5.41) is 6.19. The van der Waals surface area contributed by atoms with Crippen LogP contribution in [-0.2, 0) is 16.1 Å². The zero-order chi connectivity index (χ0) is 13.3. The van der Waals surface area contributed by atoms with Crippen molar-refractivity contribution in [3.05, 3.63) is 35.9 Å². The van der Waals surface area contributed by atoms with Crippen molar-refractivity contribution < 1.29 is 9.53 Å². The van der Waals surface area contributed by atoms with Gasteiger partial charge in [-0.3, -0.25) is 4.79 Å². The Morgan fingerprint density at radius 2 is 2.16 bits per heavy atom. The molecular weight excluding hydrogens is 240 g/mol. The van der Waals surface area contributed by atoms with Crippen molar-refractivity contribution in [2.24, 2.45) is 0 Å². The molecule has 2 N–H and O–H groups in total. The zero-order valence-corrected chi connectivity index (χ0v) is 11.2. The first kappa shape index (κ1) is 14.0. The second-order valence-electron chi connectivity index (χ2n) is 4.85. The van der Waals surface area contributed by atoms with Gasteiger partial charge in [-0.15, -0.1) is 0 Å². The molecule has 0 saturated carbocycles. The lowest BCUT2D eigenvalue weighted by molar-refractivity contribution is -0.121. The quantitative estimate of drug-likeness (QED) is 0.732. The molecule has 1 saturated heterocycles. The highest BCUT2D eigenvalue weighted by Crippen LogP contribution is 2.10. The number of amides is 1.